The van der Waals surface area contributed by atoms with Crippen molar-refractivity contribution in [3.8, 4) is 5.75 Å². The van der Waals surface area contributed by atoms with E-state index < -0.39 is 0 Å². The van der Waals surface area contributed by atoms with Gasteiger partial charge in [-0.15, -0.1) is 0 Å². The average molecular weight is 207 g/mol. The van der Waals surface area contributed by atoms with Crippen molar-refractivity contribution < 1.29 is 9.48 Å². The van der Waals surface area contributed by atoms with Crippen LogP contribution >= 0.6 is 0 Å². The molecule has 0 aliphatic heterocycles. The Kier molecular flexibility index (Phi) is 4.16. The van der Waals surface area contributed by atoms with Gasteiger partial charge in [-0.05, 0) is 45.0 Å². The molecule has 0 fully saturated rings. The minimum Gasteiger partial charge on any atom is -0.624 e. The molecule has 0 bridgehead atoms. The minimum atomic E-state index is -0.0310. The summed E-state index contributed by atoms with van der Waals surface area (Å²) in [7, 11) is 0. The van der Waals surface area contributed by atoms with Gasteiger partial charge in [0.2, 0.25) is 0 Å². The smallest absolute Gasteiger partial charge is 0.182 e. The van der Waals surface area contributed by atoms with Gasteiger partial charge in [0.25, 0.3) is 0 Å². The maximum absolute atomic E-state index is 11.4. The summed E-state index contributed by atoms with van der Waals surface area (Å²) >= 11 is 0. The Labute approximate surface area is 90.6 Å². The summed E-state index contributed by atoms with van der Waals surface area (Å²) < 4.78 is 6.25. The summed E-state index contributed by atoms with van der Waals surface area (Å²) in [6, 6.07) is 7.44. The molecule has 0 radical (unpaired) electrons. The average Bonchev–Trinajstić information content (AvgIpc) is 2.21. The Morgan fingerprint density at radius 1 is 1.33 bits per heavy atom. The van der Waals surface area contributed by atoms with Crippen LogP contribution in [-0.2, 0) is 0 Å². The second-order valence-corrected chi connectivity index (χ2v) is 3.58. The first-order chi connectivity index (χ1) is 7.13. The number of ether oxygens (including phenoxy) is 1. The number of hydrogen-bond donors (Lipinski definition) is 0. The monoisotopic (exact) mass is 207 g/mol. The SMILES string of the molecule is CCOc1ccc(C=[N+]([O-])C(C)C)cc1. The van der Waals surface area contributed by atoms with Crippen molar-refractivity contribution in [1.29, 1.82) is 0 Å². The molecule has 0 aliphatic carbocycles. The van der Waals surface area contributed by atoms with Crippen molar-refractivity contribution in [3.05, 3.63) is 35.0 Å². The minimum absolute atomic E-state index is 0.0310. The van der Waals surface area contributed by atoms with Crippen LogP contribution in [0, 0.1) is 5.21 Å². The normalized spacial score (nSPS) is 11.9. The molecule has 0 unspecified atom stereocenters. The highest BCUT2D eigenvalue weighted by atomic mass is 16.5. The van der Waals surface area contributed by atoms with E-state index in [4.69, 9.17) is 4.74 Å². The molecule has 0 N–H and O–H groups in total. The van der Waals surface area contributed by atoms with Crippen molar-refractivity contribution in [2.75, 3.05) is 6.61 Å². The lowest BCUT2D eigenvalue weighted by Gasteiger charge is -2.07. The second kappa shape index (κ2) is 5.39. The van der Waals surface area contributed by atoms with Crippen molar-refractivity contribution in [3.63, 3.8) is 0 Å². The highest BCUT2D eigenvalue weighted by Gasteiger charge is 2.00. The van der Waals surface area contributed by atoms with Gasteiger partial charge in [0.1, 0.15) is 5.75 Å². The van der Waals surface area contributed by atoms with Crippen LogP contribution in [-0.4, -0.2) is 23.6 Å². The van der Waals surface area contributed by atoms with E-state index in [1.165, 1.54) is 0 Å². The van der Waals surface area contributed by atoms with Crippen LogP contribution in [0.25, 0.3) is 0 Å². The van der Waals surface area contributed by atoms with Gasteiger partial charge < -0.3 is 9.94 Å². The number of rotatable bonds is 4. The summed E-state index contributed by atoms with van der Waals surface area (Å²) in [5, 5.41) is 11.4. The van der Waals surface area contributed by atoms with Crippen molar-refractivity contribution in [2.45, 2.75) is 26.8 Å². The number of hydrogen-bond acceptors (Lipinski definition) is 2. The van der Waals surface area contributed by atoms with Crippen LogP contribution in [0.4, 0.5) is 0 Å². The lowest BCUT2D eigenvalue weighted by molar-refractivity contribution is -0.487. The fourth-order valence-electron chi connectivity index (χ4n) is 1.11. The molecule has 0 heterocycles. The van der Waals surface area contributed by atoms with E-state index in [0.717, 1.165) is 16.1 Å². The van der Waals surface area contributed by atoms with E-state index in [2.05, 4.69) is 0 Å². The van der Waals surface area contributed by atoms with Crippen molar-refractivity contribution >= 4 is 6.21 Å². The van der Waals surface area contributed by atoms with E-state index >= 15 is 0 Å². The lowest BCUT2D eigenvalue weighted by Crippen LogP contribution is -2.14. The van der Waals surface area contributed by atoms with Gasteiger partial charge in [-0.1, -0.05) is 0 Å². The van der Waals surface area contributed by atoms with Gasteiger partial charge in [0, 0.05) is 5.56 Å². The molecular formula is C12H17NO2. The molecular weight excluding hydrogens is 190 g/mol. The predicted molar refractivity (Wildman–Crippen MR) is 61.5 cm³/mol. The largest absolute Gasteiger partial charge is 0.624 e. The third-order valence-corrected chi connectivity index (χ3v) is 1.98. The zero-order valence-electron chi connectivity index (χ0n) is 9.43. The van der Waals surface area contributed by atoms with Gasteiger partial charge in [0.15, 0.2) is 12.3 Å². The Hall–Kier alpha value is -1.51. The van der Waals surface area contributed by atoms with E-state index in [9.17, 15) is 5.21 Å². The molecule has 1 aromatic carbocycles. The standard InChI is InChI=1S/C12H17NO2/c1-4-15-12-7-5-11(6-8-12)9-13(14)10(2)3/h5-10H,4H2,1-3H3. The summed E-state index contributed by atoms with van der Waals surface area (Å²) in [6.45, 7) is 6.32. The Balaban J connectivity index is 2.76. The van der Waals surface area contributed by atoms with E-state index in [1.54, 1.807) is 6.21 Å². The van der Waals surface area contributed by atoms with Crippen molar-refractivity contribution in [2.24, 2.45) is 0 Å². The van der Waals surface area contributed by atoms with E-state index in [0.29, 0.717) is 6.61 Å². The van der Waals surface area contributed by atoms with Gasteiger partial charge in [-0.2, -0.15) is 0 Å². The van der Waals surface area contributed by atoms with Crippen molar-refractivity contribution in [1.82, 2.24) is 0 Å². The summed E-state index contributed by atoms with van der Waals surface area (Å²) in [5.74, 6) is 0.830. The van der Waals surface area contributed by atoms with E-state index in [1.807, 2.05) is 45.0 Å². The van der Waals surface area contributed by atoms with Gasteiger partial charge in [-0.25, -0.2) is 4.74 Å². The number of hydroxylamine groups is 1. The molecule has 1 rings (SSSR count). The fraction of sp³-hybridized carbons (Fsp3) is 0.417. The molecule has 3 nitrogen and oxygen atoms in total. The van der Waals surface area contributed by atoms with E-state index in [-0.39, 0.29) is 6.04 Å². The molecule has 3 heteroatoms. The van der Waals surface area contributed by atoms with Gasteiger partial charge in [-0.3, -0.25) is 0 Å². The predicted octanol–water partition coefficient (Wildman–Crippen LogP) is 2.42. The maximum atomic E-state index is 11.4. The van der Waals surface area contributed by atoms with Crippen LogP contribution in [0.5, 0.6) is 5.75 Å². The summed E-state index contributed by atoms with van der Waals surface area (Å²) in [5.41, 5.74) is 0.891. The molecule has 0 saturated carbocycles. The molecule has 15 heavy (non-hydrogen) atoms. The first kappa shape index (κ1) is 11.6. The van der Waals surface area contributed by atoms with Crippen LogP contribution in [0.3, 0.4) is 0 Å². The topological polar surface area (TPSA) is 35.3 Å². The molecule has 0 aromatic heterocycles. The molecule has 82 valence electrons. The Morgan fingerprint density at radius 2 is 1.93 bits per heavy atom. The van der Waals surface area contributed by atoms with Crippen LogP contribution in [0.2, 0.25) is 0 Å². The fourth-order valence-corrected chi connectivity index (χ4v) is 1.11. The highest BCUT2D eigenvalue weighted by molar-refractivity contribution is 5.75. The lowest BCUT2D eigenvalue weighted by atomic mass is 10.2. The van der Waals surface area contributed by atoms with Crippen LogP contribution < -0.4 is 4.74 Å². The zero-order valence-corrected chi connectivity index (χ0v) is 9.43. The van der Waals surface area contributed by atoms with Gasteiger partial charge >= 0.3 is 0 Å². The van der Waals surface area contributed by atoms with Crippen LogP contribution in [0.15, 0.2) is 24.3 Å². The Bertz CT molecular complexity index is 328. The third-order valence-electron chi connectivity index (χ3n) is 1.98. The van der Waals surface area contributed by atoms with Crippen LogP contribution in [0.1, 0.15) is 26.3 Å². The zero-order chi connectivity index (χ0) is 11.3. The first-order valence-corrected chi connectivity index (χ1v) is 5.16. The Morgan fingerprint density at radius 3 is 2.40 bits per heavy atom. The maximum Gasteiger partial charge on any atom is 0.182 e. The second-order valence-electron chi connectivity index (χ2n) is 3.58. The number of nitrogens with zero attached hydrogens (tertiary/aromatic N) is 1. The van der Waals surface area contributed by atoms with Gasteiger partial charge in [0.05, 0.1) is 6.61 Å². The molecule has 0 amide bonds. The number of benzene rings is 1. The summed E-state index contributed by atoms with van der Waals surface area (Å²) in [4.78, 5) is 0. The highest BCUT2D eigenvalue weighted by Crippen LogP contribution is 2.10. The first-order valence-electron chi connectivity index (χ1n) is 5.16. The molecule has 0 aliphatic rings. The summed E-state index contributed by atoms with van der Waals surface area (Å²) in [6.07, 6.45) is 1.58. The third kappa shape index (κ3) is 3.62. The quantitative estimate of drug-likeness (QED) is 0.329. The molecule has 0 atom stereocenters. The molecule has 0 saturated heterocycles. The molecule has 1 aromatic rings. The molecule has 0 spiro atoms.